The molecule has 1 atom stereocenters. The molecular formula is C10H13BrN2. The lowest BCUT2D eigenvalue weighted by Crippen LogP contribution is -2.28. The van der Waals surface area contributed by atoms with Crippen LogP contribution in [0.3, 0.4) is 0 Å². The van der Waals surface area contributed by atoms with Crippen molar-refractivity contribution in [1.29, 1.82) is 0 Å². The number of anilines is 1. The summed E-state index contributed by atoms with van der Waals surface area (Å²) in [7, 11) is 0. The van der Waals surface area contributed by atoms with E-state index in [1.54, 1.807) is 0 Å². The zero-order valence-electron chi connectivity index (χ0n) is 7.60. The van der Waals surface area contributed by atoms with Gasteiger partial charge in [0.05, 0.1) is 5.69 Å². The number of halogens is 1. The number of nitrogens with one attached hydrogen (secondary N) is 1. The fraction of sp³-hybridized carbons (Fsp3) is 0.400. The van der Waals surface area contributed by atoms with Gasteiger partial charge in [-0.15, -0.1) is 0 Å². The van der Waals surface area contributed by atoms with E-state index in [9.17, 15) is 0 Å². The summed E-state index contributed by atoms with van der Waals surface area (Å²) in [6.45, 7) is 3.20. The maximum Gasteiger partial charge on any atom is 0.0509 e. The Morgan fingerprint density at radius 3 is 3.08 bits per heavy atom. The first kappa shape index (κ1) is 9.03. The van der Waals surface area contributed by atoms with Crippen LogP contribution in [0.25, 0.3) is 0 Å². The number of nitrogen functional groups attached to an aromatic ring is 1. The highest BCUT2D eigenvalue weighted by Crippen LogP contribution is 2.33. The van der Waals surface area contributed by atoms with Crippen LogP contribution in [-0.4, -0.2) is 6.54 Å². The molecule has 0 bridgehead atoms. The summed E-state index contributed by atoms with van der Waals surface area (Å²) in [5, 5.41) is 3.41. The smallest absolute Gasteiger partial charge is 0.0509 e. The van der Waals surface area contributed by atoms with Gasteiger partial charge in [0, 0.05) is 10.5 Å². The van der Waals surface area contributed by atoms with Crippen LogP contribution in [0.2, 0.25) is 0 Å². The summed E-state index contributed by atoms with van der Waals surface area (Å²) in [6, 6.07) is 4.57. The first-order valence-corrected chi connectivity index (χ1v) is 5.29. The van der Waals surface area contributed by atoms with Gasteiger partial charge in [0.15, 0.2) is 0 Å². The summed E-state index contributed by atoms with van der Waals surface area (Å²) in [4.78, 5) is 0. The maximum atomic E-state index is 6.01. The van der Waals surface area contributed by atoms with Crippen LogP contribution < -0.4 is 11.1 Å². The summed E-state index contributed by atoms with van der Waals surface area (Å²) in [6.07, 6.45) is 1.08. The monoisotopic (exact) mass is 240 g/mol. The third kappa shape index (κ3) is 1.46. The van der Waals surface area contributed by atoms with Crippen molar-refractivity contribution in [3.8, 4) is 0 Å². The Morgan fingerprint density at radius 2 is 2.31 bits per heavy atom. The molecule has 0 radical (unpaired) electrons. The minimum atomic E-state index is 0.376. The van der Waals surface area contributed by atoms with Crippen LogP contribution in [0.15, 0.2) is 16.6 Å². The fourth-order valence-corrected chi connectivity index (χ4v) is 2.26. The largest absolute Gasteiger partial charge is 0.398 e. The van der Waals surface area contributed by atoms with Crippen LogP contribution in [-0.2, 0) is 6.42 Å². The van der Waals surface area contributed by atoms with E-state index < -0.39 is 0 Å². The first-order chi connectivity index (χ1) is 6.20. The molecule has 1 aromatic carbocycles. The Morgan fingerprint density at radius 1 is 1.54 bits per heavy atom. The van der Waals surface area contributed by atoms with Crippen molar-refractivity contribution in [3.05, 3.63) is 27.7 Å². The van der Waals surface area contributed by atoms with Crippen molar-refractivity contribution >= 4 is 21.6 Å². The SMILES string of the molecule is CC1NCCc2ccc(Br)c(N)c21. The molecule has 70 valence electrons. The van der Waals surface area contributed by atoms with Crippen molar-refractivity contribution < 1.29 is 0 Å². The van der Waals surface area contributed by atoms with E-state index in [1.807, 2.05) is 6.07 Å². The van der Waals surface area contributed by atoms with Gasteiger partial charge in [-0.3, -0.25) is 0 Å². The van der Waals surface area contributed by atoms with Crippen LogP contribution in [0, 0.1) is 0 Å². The molecule has 1 aliphatic rings. The molecular weight excluding hydrogens is 228 g/mol. The van der Waals surface area contributed by atoms with Gasteiger partial charge < -0.3 is 11.1 Å². The number of nitrogens with two attached hydrogens (primary N) is 1. The summed E-state index contributed by atoms with van der Waals surface area (Å²) in [5.74, 6) is 0. The number of rotatable bonds is 0. The normalized spacial score (nSPS) is 21.2. The number of hydrogen-bond donors (Lipinski definition) is 2. The van der Waals surface area contributed by atoms with Crippen molar-refractivity contribution in [2.45, 2.75) is 19.4 Å². The number of benzene rings is 1. The van der Waals surface area contributed by atoms with Crippen LogP contribution in [0.5, 0.6) is 0 Å². The highest BCUT2D eigenvalue weighted by Gasteiger charge is 2.19. The molecule has 0 fully saturated rings. The molecule has 0 aliphatic carbocycles. The molecule has 1 unspecified atom stereocenters. The van der Waals surface area contributed by atoms with Gasteiger partial charge in [-0.1, -0.05) is 6.07 Å². The molecule has 2 nitrogen and oxygen atoms in total. The van der Waals surface area contributed by atoms with Gasteiger partial charge >= 0.3 is 0 Å². The van der Waals surface area contributed by atoms with E-state index in [2.05, 4.69) is 34.2 Å². The van der Waals surface area contributed by atoms with Crippen molar-refractivity contribution in [1.82, 2.24) is 5.32 Å². The quantitative estimate of drug-likeness (QED) is 0.683. The molecule has 3 heteroatoms. The molecule has 13 heavy (non-hydrogen) atoms. The van der Waals surface area contributed by atoms with Crippen LogP contribution in [0.4, 0.5) is 5.69 Å². The van der Waals surface area contributed by atoms with Crippen LogP contribution >= 0.6 is 15.9 Å². The van der Waals surface area contributed by atoms with E-state index in [4.69, 9.17) is 5.73 Å². The van der Waals surface area contributed by atoms with Crippen molar-refractivity contribution in [2.24, 2.45) is 0 Å². The van der Waals surface area contributed by atoms with Crippen molar-refractivity contribution in [3.63, 3.8) is 0 Å². The van der Waals surface area contributed by atoms with E-state index in [1.165, 1.54) is 11.1 Å². The molecule has 0 amide bonds. The van der Waals surface area contributed by atoms with Gasteiger partial charge in [-0.05, 0) is 53.0 Å². The Hall–Kier alpha value is -0.540. The Balaban J connectivity index is 2.58. The van der Waals surface area contributed by atoms with Gasteiger partial charge in [0.25, 0.3) is 0 Å². The predicted octanol–water partition coefficient (Wildman–Crippen LogP) is 2.24. The Kier molecular flexibility index (Phi) is 2.30. The zero-order valence-corrected chi connectivity index (χ0v) is 9.19. The predicted molar refractivity (Wildman–Crippen MR) is 58.7 cm³/mol. The highest BCUT2D eigenvalue weighted by molar-refractivity contribution is 9.10. The molecule has 1 aliphatic heterocycles. The lowest BCUT2D eigenvalue weighted by molar-refractivity contribution is 0.542. The van der Waals surface area contributed by atoms with Gasteiger partial charge in [-0.2, -0.15) is 0 Å². The molecule has 0 spiro atoms. The molecule has 1 aromatic rings. The average Bonchev–Trinajstić information content (AvgIpc) is 2.12. The molecule has 2 rings (SSSR count). The van der Waals surface area contributed by atoms with Gasteiger partial charge in [0.1, 0.15) is 0 Å². The van der Waals surface area contributed by atoms with Crippen molar-refractivity contribution in [2.75, 3.05) is 12.3 Å². The molecule has 0 saturated heterocycles. The second-order valence-corrected chi connectivity index (χ2v) is 4.31. The minimum absolute atomic E-state index is 0.376. The molecule has 0 aromatic heterocycles. The maximum absolute atomic E-state index is 6.01. The van der Waals surface area contributed by atoms with Gasteiger partial charge in [0.2, 0.25) is 0 Å². The van der Waals surface area contributed by atoms with Crippen LogP contribution in [0.1, 0.15) is 24.1 Å². The number of hydrogen-bond acceptors (Lipinski definition) is 2. The van der Waals surface area contributed by atoms with Gasteiger partial charge in [-0.25, -0.2) is 0 Å². The summed E-state index contributed by atoms with van der Waals surface area (Å²) >= 11 is 3.45. The Bertz CT molecular complexity index is 336. The standard InChI is InChI=1S/C10H13BrN2/c1-6-9-7(4-5-13-6)2-3-8(11)10(9)12/h2-3,6,13H,4-5,12H2,1H3. The summed E-state index contributed by atoms with van der Waals surface area (Å²) < 4.78 is 1.00. The lowest BCUT2D eigenvalue weighted by Gasteiger charge is -2.25. The zero-order chi connectivity index (χ0) is 9.42. The van der Waals surface area contributed by atoms with E-state index in [0.29, 0.717) is 6.04 Å². The molecule has 1 heterocycles. The van der Waals surface area contributed by atoms with E-state index >= 15 is 0 Å². The lowest BCUT2D eigenvalue weighted by atomic mass is 9.94. The minimum Gasteiger partial charge on any atom is -0.398 e. The topological polar surface area (TPSA) is 38.0 Å². The molecule has 0 saturated carbocycles. The first-order valence-electron chi connectivity index (χ1n) is 4.50. The van der Waals surface area contributed by atoms with E-state index in [0.717, 1.165) is 23.1 Å². The fourth-order valence-electron chi connectivity index (χ4n) is 1.91. The third-order valence-electron chi connectivity index (χ3n) is 2.60. The second kappa shape index (κ2) is 3.31. The number of fused-ring (bicyclic) bond motifs is 1. The third-order valence-corrected chi connectivity index (χ3v) is 3.29. The van der Waals surface area contributed by atoms with E-state index in [-0.39, 0.29) is 0 Å². The molecule has 3 N–H and O–H groups in total. The highest BCUT2D eigenvalue weighted by atomic mass is 79.9. The second-order valence-electron chi connectivity index (χ2n) is 3.46. The Labute approximate surface area is 86.6 Å². The summed E-state index contributed by atoms with van der Waals surface area (Å²) in [5.41, 5.74) is 9.54. The average molecular weight is 241 g/mol.